The van der Waals surface area contributed by atoms with Crippen molar-refractivity contribution in [3.63, 3.8) is 0 Å². The molecular formula is C17H26N2. The van der Waals surface area contributed by atoms with Crippen molar-refractivity contribution >= 4 is 0 Å². The molecule has 19 heavy (non-hydrogen) atoms. The predicted octanol–water partition coefficient (Wildman–Crippen LogP) is 2.61. The van der Waals surface area contributed by atoms with Crippen LogP contribution in [0.1, 0.15) is 36.8 Å². The van der Waals surface area contributed by atoms with Crippen LogP contribution in [0.3, 0.4) is 0 Å². The molecule has 0 amide bonds. The number of benzene rings is 1. The van der Waals surface area contributed by atoms with Gasteiger partial charge >= 0.3 is 0 Å². The zero-order valence-corrected chi connectivity index (χ0v) is 11.9. The normalized spacial score (nSPS) is 22.4. The lowest BCUT2D eigenvalue weighted by Crippen LogP contribution is -2.41. The van der Waals surface area contributed by atoms with Crippen molar-refractivity contribution in [2.45, 2.75) is 38.5 Å². The lowest BCUT2D eigenvalue weighted by Gasteiger charge is -2.42. The Hall–Kier alpha value is -0.860. The maximum absolute atomic E-state index is 5.97. The first kappa shape index (κ1) is 13.1. The minimum absolute atomic E-state index is 0.499. The zero-order valence-electron chi connectivity index (χ0n) is 11.9. The van der Waals surface area contributed by atoms with Crippen molar-refractivity contribution in [3.8, 4) is 0 Å². The van der Waals surface area contributed by atoms with E-state index in [1.807, 2.05) is 0 Å². The molecular weight excluding hydrogens is 232 g/mol. The molecule has 1 aromatic carbocycles. The molecule has 0 radical (unpaired) electrons. The predicted molar refractivity (Wildman–Crippen MR) is 80.2 cm³/mol. The third-order valence-corrected chi connectivity index (χ3v) is 5.32. The van der Waals surface area contributed by atoms with Gasteiger partial charge in [-0.1, -0.05) is 30.7 Å². The van der Waals surface area contributed by atoms with E-state index in [9.17, 15) is 0 Å². The summed E-state index contributed by atoms with van der Waals surface area (Å²) in [6, 6.07) is 8.94. The molecule has 0 spiro atoms. The van der Waals surface area contributed by atoms with Gasteiger partial charge in [-0.2, -0.15) is 0 Å². The molecule has 104 valence electrons. The third kappa shape index (κ3) is 2.85. The molecule has 0 saturated heterocycles. The highest BCUT2D eigenvalue weighted by molar-refractivity contribution is 5.28. The van der Waals surface area contributed by atoms with E-state index in [1.165, 1.54) is 58.2 Å². The number of nitrogens with zero attached hydrogens (tertiary/aromatic N) is 1. The van der Waals surface area contributed by atoms with Crippen LogP contribution in [0, 0.1) is 5.41 Å². The number of rotatable bonds is 4. The molecule has 2 nitrogen and oxygen atoms in total. The number of hydrogen-bond donors (Lipinski definition) is 1. The molecule has 0 bridgehead atoms. The average molecular weight is 258 g/mol. The van der Waals surface area contributed by atoms with Gasteiger partial charge in [0, 0.05) is 13.1 Å². The molecule has 0 atom stereocenters. The second-order valence-electron chi connectivity index (χ2n) is 6.42. The van der Waals surface area contributed by atoms with Crippen molar-refractivity contribution in [3.05, 3.63) is 35.4 Å². The molecule has 1 aromatic rings. The Morgan fingerprint density at radius 1 is 1.05 bits per heavy atom. The number of fused-ring (bicyclic) bond motifs is 1. The van der Waals surface area contributed by atoms with Crippen LogP contribution in [0.2, 0.25) is 0 Å². The average Bonchev–Trinajstić information content (AvgIpc) is 2.61. The van der Waals surface area contributed by atoms with Crippen LogP contribution in [-0.2, 0) is 12.8 Å². The second kappa shape index (κ2) is 5.64. The molecule has 1 aliphatic carbocycles. The van der Waals surface area contributed by atoms with Crippen LogP contribution >= 0.6 is 0 Å². The summed E-state index contributed by atoms with van der Waals surface area (Å²) in [4.78, 5) is 2.65. The lowest BCUT2D eigenvalue weighted by atomic mass is 9.66. The minimum Gasteiger partial charge on any atom is -0.330 e. The summed E-state index contributed by atoms with van der Waals surface area (Å²) >= 11 is 0. The summed E-state index contributed by atoms with van der Waals surface area (Å²) in [7, 11) is 0. The van der Waals surface area contributed by atoms with Crippen LogP contribution in [0.15, 0.2) is 24.3 Å². The lowest BCUT2D eigenvalue weighted by molar-refractivity contribution is 0.107. The van der Waals surface area contributed by atoms with E-state index < -0.39 is 0 Å². The minimum atomic E-state index is 0.499. The van der Waals surface area contributed by atoms with E-state index in [0.29, 0.717) is 5.41 Å². The van der Waals surface area contributed by atoms with E-state index in [2.05, 4.69) is 29.2 Å². The molecule has 0 unspecified atom stereocenters. The number of hydrogen-bond acceptors (Lipinski definition) is 2. The van der Waals surface area contributed by atoms with Gasteiger partial charge in [-0.05, 0) is 61.7 Å². The molecule has 1 aliphatic heterocycles. The summed E-state index contributed by atoms with van der Waals surface area (Å²) in [5.74, 6) is 0. The van der Waals surface area contributed by atoms with Crippen LogP contribution < -0.4 is 5.73 Å². The Balaban J connectivity index is 1.54. The van der Waals surface area contributed by atoms with Crippen molar-refractivity contribution < 1.29 is 0 Å². The SMILES string of the molecule is NCC1(CCN2CCc3ccccc3CC2)CCC1. The fourth-order valence-electron chi connectivity index (χ4n) is 3.57. The zero-order chi connectivity index (χ0) is 13.1. The van der Waals surface area contributed by atoms with E-state index in [-0.39, 0.29) is 0 Å². The molecule has 0 aromatic heterocycles. The highest BCUT2D eigenvalue weighted by Crippen LogP contribution is 2.43. The molecule has 2 aliphatic rings. The Morgan fingerprint density at radius 2 is 1.68 bits per heavy atom. The molecule has 3 rings (SSSR count). The van der Waals surface area contributed by atoms with Crippen LogP contribution in [0.5, 0.6) is 0 Å². The van der Waals surface area contributed by atoms with Crippen molar-refractivity contribution in [1.82, 2.24) is 4.90 Å². The smallest absolute Gasteiger partial charge is 0.00221 e. The van der Waals surface area contributed by atoms with Gasteiger partial charge in [0.1, 0.15) is 0 Å². The van der Waals surface area contributed by atoms with Gasteiger partial charge in [-0.3, -0.25) is 0 Å². The van der Waals surface area contributed by atoms with E-state index in [4.69, 9.17) is 5.73 Å². The molecule has 1 saturated carbocycles. The van der Waals surface area contributed by atoms with Crippen molar-refractivity contribution in [2.24, 2.45) is 11.1 Å². The first-order valence-corrected chi connectivity index (χ1v) is 7.81. The van der Waals surface area contributed by atoms with E-state index >= 15 is 0 Å². The van der Waals surface area contributed by atoms with Crippen LogP contribution in [0.4, 0.5) is 0 Å². The largest absolute Gasteiger partial charge is 0.330 e. The summed E-state index contributed by atoms with van der Waals surface area (Å²) in [6.07, 6.45) is 7.84. The van der Waals surface area contributed by atoms with Gasteiger partial charge < -0.3 is 10.6 Å². The Kier molecular flexibility index (Phi) is 3.90. The number of nitrogens with two attached hydrogens (primary N) is 1. The quantitative estimate of drug-likeness (QED) is 0.899. The standard InChI is InChI=1S/C17H26N2/c18-14-17(8-3-9-17)10-13-19-11-6-15-4-1-2-5-16(15)7-12-19/h1-2,4-5H,3,6-14,18H2. The van der Waals surface area contributed by atoms with Gasteiger partial charge in [0.25, 0.3) is 0 Å². The third-order valence-electron chi connectivity index (χ3n) is 5.32. The Bertz CT molecular complexity index is 391. The monoisotopic (exact) mass is 258 g/mol. The highest BCUT2D eigenvalue weighted by Gasteiger charge is 2.35. The maximum atomic E-state index is 5.97. The summed E-state index contributed by atoms with van der Waals surface area (Å²) in [5, 5.41) is 0. The molecule has 1 fully saturated rings. The summed E-state index contributed by atoms with van der Waals surface area (Å²) in [6.45, 7) is 4.57. The molecule has 1 heterocycles. The molecule has 2 N–H and O–H groups in total. The van der Waals surface area contributed by atoms with Crippen molar-refractivity contribution in [1.29, 1.82) is 0 Å². The first-order valence-electron chi connectivity index (χ1n) is 7.81. The van der Waals surface area contributed by atoms with Gasteiger partial charge in [-0.25, -0.2) is 0 Å². The fourth-order valence-corrected chi connectivity index (χ4v) is 3.57. The van der Waals surface area contributed by atoms with E-state index in [1.54, 1.807) is 11.1 Å². The van der Waals surface area contributed by atoms with Gasteiger partial charge in [-0.15, -0.1) is 0 Å². The Morgan fingerprint density at radius 3 is 2.16 bits per heavy atom. The summed E-state index contributed by atoms with van der Waals surface area (Å²) < 4.78 is 0. The van der Waals surface area contributed by atoms with Crippen LogP contribution in [-0.4, -0.2) is 31.1 Å². The van der Waals surface area contributed by atoms with E-state index in [0.717, 1.165) is 6.54 Å². The van der Waals surface area contributed by atoms with Gasteiger partial charge in [0.2, 0.25) is 0 Å². The summed E-state index contributed by atoms with van der Waals surface area (Å²) in [5.41, 5.74) is 9.58. The fraction of sp³-hybridized carbons (Fsp3) is 0.647. The first-order chi connectivity index (χ1) is 9.31. The highest BCUT2D eigenvalue weighted by atomic mass is 15.1. The molecule has 2 heteroatoms. The maximum Gasteiger partial charge on any atom is 0.00221 e. The second-order valence-corrected chi connectivity index (χ2v) is 6.42. The van der Waals surface area contributed by atoms with Crippen LogP contribution in [0.25, 0.3) is 0 Å². The van der Waals surface area contributed by atoms with Gasteiger partial charge in [0.05, 0.1) is 0 Å². The van der Waals surface area contributed by atoms with Crippen molar-refractivity contribution in [2.75, 3.05) is 26.2 Å². The van der Waals surface area contributed by atoms with Gasteiger partial charge in [0.15, 0.2) is 0 Å². The Labute approximate surface area is 117 Å². The topological polar surface area (TPSA) is 29.3 Å².